The molecular formula is C27H32FNO2. The molecule has 3 atom stereocenters. The summed E-state index contributed by atoms with van der Waals surface area (Å²) in [5, 5.41) is 0. The van der Waals surface area contributed by atoms with E-state index in [9.17, 15) is 9.18 Å². The molecule has 0 aromatic heterocycles. The lowest BCUT2D eigenvalue weighted by molar-refractivity contribution is -0.137. The molecule has 2 bridgehead atoms. The SMILES string of the molecule is CO[C@H](CC12CCN(CC1)CC2)C(=O)C1CCc2ccccc2[C@@H]1c1ccc(F)cc1. The molecule has 0 radical (unpaired) electrons. The van der Waals surface area contributed by atoms with Crippen LogP contribution in [0.3, 0.4) is 0 Å². The summed E-state index contributed by atoms with van der Waals surface area (Å²) in [5.41, 5.74) is 3.78. The number of methoxy groups -OCH3 is 1. The highest BCUT2D eigenvalue weighted by molar-refractivity contribution is 5.87. The highest BCUT2D eigenvalue weighted by Gasteiger charge is 2.45. The Balaban J connectivity index is 1.45. The molecule has 0 saturated carbocycles. The van der Waals surface area contributed by atoms with Gasteiger partial charge in [0.05, 0.1) is 0 Å². The van der Waals surface area contributed by atoms with Gasteiger partial charge in [-0.2, -0.15) is 0 Å². The molecule has 164 valence electrons. The zero-order chi connectivity index (χ0) is 21.4. The van der Waals surface area contributed by atoms with Crippen molar-refractivity contribution in [2.75, 3.05) is 26.7 Å². The number of fused-ring (bicyclic) bond motifs is 4. The summed E-state index contributed by atoms with van der Waals surface area (Å²) in [6.45, 7) is 3.46. The molecule has 3 fully saturated rings. The number of nitrogens with zero attached hydrogens (tertiary/aromatic N) is 1. The van der Waals surface area contributed by atoms with Crippen LogP contribution in [-0.4, -0.2) is 43.5 Å². The lowest BCUT2D eigenvalue weighted by atomic mass is 9.65. The summed E-state index contributed by atoms with van der Waals surface area (Å²) >= 11 is 0. The number of ether oxygens (including phenoxy) is 1. The van der Waals surface area contributed by atoms with Crippen molar-refractivity contribution in [3.8, 4) is 0 Å². The maximum Gasteiger partial charge on any atom is 0.165 e. The van der Waals surface area contributed by atoms with Crippen molar-refractivity contribution in [2.24, 2.45) is 11.3 Å². The molecule has 2 aromatic rings. The number of rotatable bonds is 6. The molecule has 3 aliphatic heterocycles. The second-order valence-corrected chi connectivity index (χ2v) is 9.80. The van der Waals surface area contributed by atoms with E-state index in [1.807, 2.05) is 18.2 Å². The van der Waals surface area contributed by atoms with Gasteiger partial charge in [-0.05, 0) is 92.4 Å². The monoisotopic (exact) mass is 421 g/mol. The number of ketones is 1. The van der Waals surface area contributed by atoms with Crippen LogP contribution in [-0.2, 0) is 16.0 Å². The topological polar surface area (TPSA) is 29.5 Å². The average Bonchev–Trinajstić information content (AvgIpc) is 2.83. The standard InChI is InChI=1S/C27H32FNO2/c1-31-24(18-27-12-15-29(16-13-27)17-14-27)26(30)23-11-8-19-4-2-3-5-22(19)25(23)20-6-9-21(28)10-7-20/h2-7,9-10,23-25H,8,11-18H2,1H3/t23?,24-,25+/m1/s1. The summed E-state index contributed by atoms with van der Waals surface area (Å²) < 4.78 is 19.5. The first-order valence-electron chi connectivity index (χ1n) is 11.7. The van der Waals surface area contributed by atoms with Crippen molar-refractivity contribution in [3.63, 3.8) is 0 Å². The lowest BCUT2D eigenvalue weighted by Crippen LogP contribution is -2.50. The number of benzene rings is 2. The van der Waals surface area contributed by atoms with Gasteiger partial charge in [-0.25, -0.2) is 4.39 Å². The van der Waals surface area contributed by atoms with E-state index in [-0.39, 0.29) is 35.0 Å². The summed E-state index contributed by atoms with van der Waals surface area (Å²) in [5.74, 6) is -0.186. The average molecular weight is 422 g/mol. The molecule has 0 N–H and O–H groups in total. The van der Waals surface area contributed by atoms with Gasteiger partial charge in [0.2, 0.25) is 0 Å². The van der Waals surface area contributed by atoms with Crippen LogP contribution in [0.2, 0.25) is 0 Å². The Morgan fingerprint density at radius 2 is 1.77 bits per heavy atom. The van der Waals surface area contributed by atoms with Crippen LogP contribution in [0.5, 0.6) is 0 Å². The minimum absolute atomic E-state index is 0.0404. The van der Waals surface area contributed by atoms with E-state index in [1.165, 1.54) is 42.5 Å². The Labute approximate surface area is 184 Å². The van der Waals surface area contributed by atoms with Crippen LogP contribution in [0.1, 0.15) is 54.7 Å². The van der Waals surface area contributed by atoms with E-state index >= 15 is 0 Å². The number of carbonyl (C=O) groups excluding carboxylic acids is 1. The molecule has 0 amide bonds. The Morgan fingerprint density at radius 3 is 2.45 bits per heavy atom. The quantitative estimate of drug-likeness (QED) is 0.659. The van der Waals surface area contributed by atoms with Crippen LogP contribution >= 0.6 is 0 Å². The molecule has 2 aromatic carbocycles. The van der Waals surface area contributed by atoms with Crippen molar-refractivity contribution in [1.82, 2.24) is 4.90 Å². The highest BCUT2D eigenvalue weighted by atomic mass is 19.1. The van der Waals surface area contributed by atoms with Crippen molar-refractivity contribution in [3.05, 3.63) is 71.0 Å². The molecular weight excluding hydrogens is 389 g/mol. The molecule has 31 heavy (non-hydrogen) atoms. The minimum atomic E-state index is -0.358. The number of carbonyl (C=O) groups is 1. The van der Waals surface area contributed by atoms with E-state index in [4.69, 9.17) is 4.74 Å². The number of halogens is 1. The zero-order valence-corrected chi connectivity index (χ0v) is 18.4. The molecule has 4 aliphatic rings. The van der Waals surface area contributed by atoms with Gasteiger partial charge in [0.1, 0.15) is 11.9 Å². The normalized spacial score (nSPS) is 30.6. The first-order valence-corrected chi connectivity index (χ1v) is 11.7. The van der Waals surface area contributed by atoms with Gasteiger partial charge in [-0.1, -0.05) is 36.4 Å². The third-order valence-corrected chi connectivity index (χ3v) is 8.21. The molecule has 4 heteroatoms. The molecule has 1 unspecified atom stereocenters. The number of piperidine rings is 3. The van der Waals surface area contributed by atoms with E-state index < -0.39 is 0 Å². The van der Waals surface area contributed by atoms with E-state index in [1.54, 1.807) is 7.11 Å². The number of hydrogen-bond donors (Lipinski definition) is 0. The van der Waals surface area contributed by atoms with Gasteiger partial charge in [0, 0.05) is 18.9 Å². The Kier molecular flexibility index (Phi) is 5.70. The van der Waals surface area contributed by atoms with Gasteiger partial charge in [0.15, 0.2) is 5.78 Å². The molecule has 3 saturated heterocycles. The van der Waals surface area contributed by atoms with Gasteiger partial charge >= 0.3 is 0 Å². The van der Waals surface area contributed by atoms with Gasteiger partial charge < -0.3 is 9.64 Å². The van der Waals surface area contributed by atoms with E-state index in [0.717, 1.165) is 44.5 Å². The second-order valence-electron chi connectivity index (χ2n) is 9.80. The number of Topliss-reactive ketones (excluding diaryl/α,β-unsaturated/α-hetero) is 1. The predicted octanol–water partition coefficient (Wildman–Crippen LogP) is 4.98. The number of aryl methyl sites for hydroxylation is 1. The molecule has 6 rings (SSSR count). The maximum absolute atomic E-state index is 13.9. The van der Waals surface area contributed by atoms with Crippen molar-refractivity contribution < 1.29 is 13.9 Å². The summed E-state index contributed by atoms with van der Waals surface area (Å²) in [4.78, 5) is 16.5. The molecule has 3 heterocycles. The summed E-state index contributed by atoms with van der Waals surface area (Å²) in [6, 6.07) is 15.1. The van der Waals surface area contributed by atoms with Crippen LogP contribution in [0.25, 0.3) is 0 Å². The van der Waals surface area contributed by atoms with Crippen LogP contribution in [0, 0.1) is 17.2 Å². The predicted molar refractivity (Wildman–Crippen MR) is 120 cm³/mol. The zero-order valence-electron chi connectivity index (χ0n) is 18.4. The van der Waals surface area contributed by atoms with Crippen molar-refractivity contribution >= 4 is 5.78 Å². The van der Waals surface area contributed by atoms with Gasteiger partial charge in [0.25, 0.3) is 0 Å². The Morgan fingerprint density at radius 1 is 1.10 bits per heavy atom. The number of hydrogen-bond acceptors (Lipinski definition) is 3. The smallest absolute Gasteiger partial charge is 0.165 e. The van der Waals surface area contributed by atoms with Crippen molar-refractivity contribution in [1.29, 1.82) is 0 Å². The van der Waals surface area contributed by atoms with Gasteiger partial charge in [-0.15, -0.1) is 0 Å². The fraction of sp³-hybridized carbons (Fsp3) is 0.519. The third kappa shape index (κ3) is 3.96. The lowest BCUT2D eigenvalue weighted by Gasteiger charge is -2.49. The van der Waals surface area contributed by atoms with E-state index in [0.29, 0.717) is 0 Å². The molecule has 1 aliphatic carbocycles. The second kappa shape index (κ2) is 8.48. The first kappa shape index (κ1) is 20.8. The van der Waals surface area contributed by atoms with Crippen LogP contribution in [0.15, 0.2) is 48.5 Å². The summed E-state index contributed by atoms with van der Waals surface area (Å²) in [6.07, 6.45) is 5.73. The molecule has 0 spiro atoms. The van der Waals surface area contributed by atoms with Gasteiger partial charge in [-0.3, -0.25) is 4.79 Å². The largest absolute Gasteiger partial charge is 0.374 e. The highest BCUT2D eigenvalue weighted by Crippen LogP contribution is 2.46. The van der Waals surface area contributed by atoms with E-state index in [2.05, 4.69) is 23.1 Å². The van der Waals surface area contributed by atoms with Crippen LogP contribution in [0.4, 0.5) is 4.39 Å². The fourth-order valence-corrected chi connectivity index (χ4v) is 6.28. The Bertz CT molecular complexity index is 919. The first-order chi connectivity index (χ1) is 15.1. The summed E-state index contributed by atoms with van der Waals surface area (Å²) in [7, 11) is 1.70. The fourth-order valence-electron chi connectivity index (χ4n) is 6.28. The van der Waals surface area contributed by atoms with Crippen LogP contribution < -0.4 is 0 Å². The third-order valence-electron chi connectivity index (χ3n) is 8.21. The Hall–Kier alpha value is -2.04. The van der Waals surface area contributed by atoms with Crippen molar-refractivity contribution in [2.45, 2.75) is 50.5 Å². The minimum Gasteiger partial charge on any atom is -0.374 e. The molecule has 3 nitrogen and oxygen atoms in total. The maximum atomic E-state index is 13.9.